The van der Waals surface area contributed by atoms with Gasteiger partial charge in [0.15, 0.2) is 5.78 Å². The van der Waals surface area contributed by atoms with E-state index in [-0.39, 0.29) is 5.78 Å². The van der Waals surface area contributed by atoms with Gasteiger partial charge in [-0.2, -0.15) is 0 Å². The molecule has 0 atom stereocenters. The summed E-state index contributed by atoms with van der Waals surface area (Å²) in [4.78, 5) is 13.9. The summed E-state index contributed by atoms with van der Waals surface area (Å²) in [5.41, 5.74) is 0.733. The summed E-state index contributed by atoms with van der Waals surface area (Å²) in [6.45, 7) is 8.22. The van der Waals surface area contributed by atoms with E-state index in [4.69, 9.17) is 14.2 Å². The van der Waals surface area contributed by atoms with Gasteiger partial charge in [-0.3, -0.25) is 9.69 Å². The topological polar surface area (TPSA) is 48.0 Å². The Morgan fingerprint density at radius 3 is 2.55 bits per heavy atom. The summed E-state index contributed by atoms with van der Waals surface area (Å²) < 4.78 is 16.5. The fourth-order valence-corrected chi connectivity index (χ4v) is 2.28. The van der Waals surface area contributed by atoms with Gasteiger partial charge < -0.3 is 14.2 Å². The van der Waals surface area contributed by atoms with Crippen molar-refractivity contribution in [2.75, 3.05) is 52.7 Å². The maximum Gasteiger partial charge on any atom is 0.162 e. The molecule has 1 fully saturated rings. The first kappa shape index (κ1) is 16.9. The van der Waals surface area contributed by atoms with E-state index < -0.39 is 0 Å². The number of hydrogen-bond acceptors (Lipinski definition) is 5. The van der Waals surface area contributed by atoms with Gasteiger partial charge in [0.2, 0.25) is 0 Å². The maximum absolute atomic E-state index is 11.5. The van der Waals surface area contributed by atoms with Crippen molar-refractivity contribution in [3.63, 3.8) is 0 Å². The van der Waals surface area contributed by atoms with Crippen LogP contribution in [0.1, 0.15) is 23.7 Å². The lowest BCUT2D eigenvalue weighted by molar-refractivity contribution is 0.0170. The highest BCUT2D eigenvalue weighted by molar-refractivity contribution is 5.95. The highest BCUT2D eigenvalue weighted by atomic mass is 16.5. The van der Waals surface area contributed by atoms with Gasteiger partial charge in [-0.05, 0) is 24.3 Å². The summed E-state index contributed by atoms with van der Waals surface area (Å²) in [5.74, 6) is 0.919. The molecule has 122 valence electrons. The number of ether oxygens (including phenoxy) is 3. The van der Waals surface area contributed by atoms with E-state index in [9.17, 15) is 4.79 Å². The van der Waals surface area contributed by atoms with E-state index in [2.05, 4.69) is 4.90 Å². The van der Waals surface area contributed by atoms with Crippen molar-refractivity contribution in [1.82, 2.24) is 4.90 Å². The molecule has 0 radical (unpaired) electrons. The largest absolute Gasteiger partial charge is 0.491 e. The lowest BCUT2D eigenvalue weighted by Gasteiger charge is -2.26. The lowest BCUT2D eigenvalue weighted by Crippen LogP contribution is -2.38. The molecule has 1 aliphatic heterocycles. The maximum atomic E-state index is 11.5. The van der Waals surface area contributed by atoms with Crippen LogP contribution in [0.25, 0.3) is 0 Å². The number of rotatable bonds is 9. The van der Waals surface area contributed by atoms with Gasteiger partial charge >= 0.3 is 0 Å². The van der Waals surface area contributed by atoms with Crippen molar-refractivity contribution in [2.24, 2.45) is 0 Å². The average molecular weight is 307 g/mol. The average Bonchev–Trinajstić information content (AvgIpc) is 2.58. The third kappa shape index (κ3) is 5.75. The molecule has 0 saturated carbocycles. The van der Waals surface area contributed by atoms with Crippen LogP contribution in [0, 0.1) is 0 Å². The first-order valence-electron chi connectivity index (χ1n) is 7.93. The molecule has 0 N–H and O–H groups in total. The van der Waals surface area contributed by atoms with Gasteiger partial charge in [0.1, 0.15) is 12.4 Å². The fourth-order valence-electron chi connectivity index (χ4n) is 2.28. The summed E-state index contributed by atoms with van der Waals surface area (Å²) in [5, 5.41) is 0. The third-order valence-electron chi connectivity index (χ3n) is 3.65. The molecule has 0 spiro atoms. The van der Waals surface area contributed by atoms with Crippen LogP contribution in [-0.2, 0) is 9.47 Å². The molecule has 5 heteroatoms. The van der Waals surface area contributed by atoms with Crippen LogP contribution in [0.15, 0.2) is 24.3 Å². The zero-order valence-corrected chi connectivity index (χ0v) is 13.3. The first-order chi connectivity index (χ1) is 10.8. The van der Waals surface area contributed by atoms with Crippen molar-refractivity contribution in [1.29, 1.82) is 0 Å². The number of nitrogens with zero attached hydrogens (tertiary/aromatic N) is 1. The second kappa shape index (κ2) is 9.56. The monoisotopic (exact) mass is 307 g/mol. The fraction of sp³-hybridized carbons (Fsp3) is 0.588. The number of Topliss-reactive ketones (excluding diaryl/α,β-unsaturated/α-hetero) is 1. The molecular weight excluding hydrogens is 282 g/mol. The highest BCUT2D eigenvalue weighted by Gasteiger charge is 2.09. The zero-order chi connectivity index (χ0) is 15.6. The summed E-state index contributed by atoms with van der Waals surface area (Å²) >= 11 is 0. The van der Waals surface area contributed by atoms with Crippen molar-refractivity contribution in [3.05, 3.63) is 29.8 Å². The molecule has 1 aromatic rings. The van der Waals surface area contributed by atoms with Crippen molar-refractivity contribution < 1.29 is 19.0 Å². The summed E-state index contributed by atoms with van der Waals surface area (Å²) in [6.07, 6.45) is 0.525. The number of benzene rings is 1. The van der Waals surface area contributed by atoms with Gasteiger partial charge in [0, 0.05) is 31.6 Å². The molecule has 22 heavy (non-hydrogen) atoms. The Morgan fingerprint density at radius 1 is 1.14 bits per heavy atom. The molecule has 2 rings (SSSR count). The van der Waals surface area contributed by atoms with E-state index in [0.717, 1.165) is 44.2 Å². The van der Waals surface area contributed by atoms with Crippen LogP contribution in [0.4, 0.5) is 0 Å². The molecule has 0 aliphatic carbocycles. The van der Waals surface area contributed by atoms with Crippen LogP contribution in [0.2, 0.25) is 0 Å². The number of carbonyl (C=O) groups is 1. The molecule has 1 aromatic carbocycles. The van der Waals surface area contributed by atoms with E-state index in [0.29, 0.717) is 26.2 Å². The van der Waals surface area contributed by atoms with Crippen LogP contribution >= 0.6 is 0 Å². The van der Waals surface area contributed by atoms with E-state index in [1.54, 1.807) is 12.1 Å². The molecular formula is C17H25NO4. The van der Waals surface area contributed by atoms with Gasteiger partial charge in [-0.25, -0.2) is 0 Å². The Morgan fingerprint density at radius 2 is 1.86 bits per heavy atom. The Balaban J connectivity index is 1.55. The van der Waals surface area contributed by atoms with Gasteiger partial charge in [-0.15, -0.1) is 0 Å². The SMILES string of the molecule is CCC(=O)c1ccc(OCCOCCN2CCOCC2)cc1. The minimum absolute atomic E-state index is 0.151. The predicted molar refractivity (Wildman–Crippen MR) is 84.6 cm³/mol. The molecule has 0 bridgehead atoms. The molecule has 0 aromatic heterocycles. The van der Waals surface area contributed by atoms with E-state index in [1.807, 2.05) is 19.1 Å². The van der Waals surface area contributed by atoms with Crippen LogP contribution in [-0.4, -0.2) is 63.4 Å². The number of morpholine rings is 1. The van der Waals surface area contributed by atoms with Gasteiger partial charge in [0.25, 0.3) is 0 Å². The summed E-state index contributed by atoms with van der Waals surface area (Å²) in [7, 11) is 0. The van der Waals surface area contributed by atoms with Crippen molar-refractivity contribution in [3.8, 4) is 5.75 Å². The number of carbonyl (C=O) groups excluding carboxylic acids is 1. The van der Waals surface area contributed by atoms with Crippen molar-refractivity contribution in [2.45, 2.75) is 13.3 Å². The smallest absolute Gasteiger partial charge is 0.162 e. The minimum Gasteiger partial charge on any atom is -0.491 e. The standard InChI is InChI=1S/C17H25NO4/c1-2-17(19)15-3-5-16(6-4-15)22-14-13-21-12-9-18-7-10-20-11-8-18/h3-6H,2,7-14H2,1H3. The zero-order valence-electron chi connectivity index (χ0n) is 13.3. The normalized spacial score (nSPS) is 15.7. The van der Waals surface area contributed by atoms with Crippen LogP contribution < -0.4 is 4.74 Å². The lowest BCUT2D eigenvalue weighted by atomic mass is 10.1. The second-order valence-electron chi connectivity index (χ2n) is 5.22. The number of hydrogen-bond donors (Lipinski definition) is 0. The third-order valence-corrected chi connectivity index (χ3v) is 3.65. The molecule has 5 nitrogen and oxygen atoms in total. The van der Waals surface area contributed by atoms with Gasteiger partial charge in [-0.1, -0.05) is 6.92 Å². The van der Waals surface area contributed by atoms with E-state index in [1.165, 1.54) is 0 Å². The quantitative estimate of drug-likeness (QED) is 0.516. The molecule has 0 unspecified atom stereocenters. The number of ketones is 1. The predicted octanol–water partition coefficient (Wildman–Crippen LogP) is 2.01. The molecule has 0 amide bonds. The molecule has 1 saturated heterocycles. The Labute approximate surface area is 132 Å². The van der Waals surface area contributed by atoms with E-state index >= 15 is 0 Å². The Kier molecular flexibility index (Phi) is 7.36. The minimum atomic E-state index is 0.151. The van der Waals surface area contributed by atoms with Gasteiger partial charge in [0.05, 0.1) is 26.4 Å². The first-order valence-corrected chi connectivity index (χ1v) is 7.93. The highest BCUT2D eigenvalue weighted by Crippen LogP contribution is 2.13. The Hall–Kier alpha value is -1.43. The van der Waals surface area contributed by atoms with Crippen LogP contribution in [0.5, 0.6) is 5.75 Å². The summed E-state index contributed by atoms with van der Waals surface area (Å²) in [6, 6.07) is 7.27. The second-order valence-corrected chi connectivity index (χ2v) is 5.22. The molecule has 1 heterocycles. The van der Waals surface area contributed by atoms with Crippen molar-refractivity contribution >= 4 is 5.78 Å². The van der Waals surface area contributed by atoms with Crippen LogP contribution in [0.3, 0.4) is 0 Å². The molecule has 1 aliphatic rings. The Bertz CT molecular complexity index is 440.